The van der Waals surface area contributed by atoms with Crippen LogP contribution in [0.25, 0.3) is 21.7 Å². The highest BCUT2D eigenvalue weighted by Crippen LogP contribution is 2.40. The van der Waals surface area contributed by atoms with Crippen molar-refractivity contribution >= 4 is 28.1 Å². The van der Waals surface area contributed by atoms with E-state index in [1.54, 1.807) is 31.4 Å². The molecule has 4 rings (SSSR count). The van der Waals surface area contributed by atoms with E-state index in [-0.39, 0.29) is 11.4 Å². The number of anilines is 1. The minimum Gasteiger partial charge on any atom is -0.497 e. The normalized spacial score (nSPS) is 10.6. The fraction of sp³-hybridized carbons (Fsp3) is 0.0476. The molecule has 0 bridgehead atoms. The van der Waals surface area contributed by atoms with Gasteiger partial charge in [0.2, 0.25) is 0 Å². The number of thiazole rings is 1. The van der Waals surface area contributed by atoms with Gasteiger partial charge in [-0.2, -0.15) is 0 Å². The molecule has 0 fully saturated rings. The molecule has 30 heavy (non-hydrogen) atoms. The molecule has 1 amide bonds. The Morgan fingerprint density at radius 2 is 1.80 bits per heavy atom. The number of non-ortho nitro benzene ring substituents is 1. The van der Waals surface area contributed by atoms with Gasteiger partial charge in [0, 0.05) is 17.7 Å². The zero-order valence-electron chi connectivity index (χ0n) is 15.7. The number of amides is 1. The fourth-order valence-electron chi connectivity index (χ4n) is 2.81. The van der Waals surface area contributed by atoms with Crippen LogP contribution in [0.15, 0.2) is 71.3 Å². The number of rotatable bonds is 6. The van der Waals surface area contributed by atoms with Crippen LogP contribution in [0, 0.1) is 10.1 Å². The number of ether oxygens (including phenoxy) is 1. The maximum atomic E-state index is 12.3. The van der Waals surface area contributed by atoms with Crippen LogP contribution in [0.5, 0.6) is 5.75 Å². The summed E-state index contributed by atoms with van der Waals surface area (Å²) in [7, 11) is 1.59. The number of hydrogen-bond donors (Lipinski definition) is 1. The Balaban J connectivity index is 1.74. The Hall–Kier alpha value is -3.98. The third-order valence-electron chi connectivity index (χ3n) is 4.30. The molecule has 0 saturated heterocycles. The lowest BCUT2D eigenvalue weighted by Crippen LogP contribution is -2.10. The van der Waals surface area contributed by atoms with Crippen molar-refractivity contribution in [2.75, 3.05) is 12.4 Å². The van der Waals surface area contributed by atoms with Gasteiger partial charge in [0.05, 0.1) is 28.9 Å². The molecule has 0 spiro atoms. The molecule has 2 heterocycles. The number of nitro groups is 1. The summed E-state index contributed by atoms with van der Waals surface area (Å²) in [4.78, 5) is 28.2. The summed E-state index contributed by atoms with van der Waals surface area (Å²) in [5.74, 6) is 0.468. The van der Waals surface area contributed by atoms with Crippen LogP contribution in [0.1, 0.15) is 10.6 Å². The lowest BCUT2D eigenvalue weighted by Gasteiger charge is -2.04. The average Bonchev–Trinajstić information content (AvgIpc) is 3.44. The third kappa shape index (κ3) is 3.91. The van der Waals surface area contributed by atoms with Crippen LogP contribution in [0.2, 0.25) is 0 Å². The van der Waals surface area contributed by atoms with E-state index >= 15 is 0 Å². The lowest BCUT2D eigenvalue weighted by molar-refractivity contribution is -0.384. The Morgan fingerprint density at radius 1 is 1.10 bits per heavy atom. The van der Waals surface area contributed by atoms with E-state index in [1.807, 2.05) is 24.3 Å². The van der Waals surface area contributed by atoms with Crippen molar-refractivity contribution in [2.45, 2.75) is 0 Å². The van der Waals surface area contributed by atoms with Crippen molar-refractivity contribution in [3.8, 4) is 27.4 Å². The van der Waals surface area contributed by atoms with Crippen LogP contribution in [0.4, 0.5) is 10.8 Å². The van der Waals surface area contributed by atoms with E-state index in [2.05, 4.69) is 10.3 Å². The highest BCUT2D eigenvalue weighted by atomic mass is 32.1. The molecule has 0 aliphatic rings. The first-order valence-electron chi connectivity index (χ1n) is 8.80. The van der Waals surface area contributed by atoms with Gasteiger partial charge in [-0.15, -0.1) is 0 Å². The summed E-state index contributed by atoms with van der Waals surface area (Å²) in [6.45, 7) is 0. The fourth-order valence-corrected chi connectivity index (χ4v) is 3.80. The zero-order chi connectivity index (χ0) is 21.1. The Kier molecular flexibility index (Phi) is 5.27. The third-order valence-corrected chi connectivity index (χ3v) is 5.32. The number of carbonyl (C=O) groups excluding carboxylic acids is 1. The predicted molar refractivity (Wildman–Crippen MR) is 113 cm³/mol. The average molecular weight is 421 g/mol. The summed E-state index contributed by atoms with van der Waals surface area (Å²) in [5, 5.41) is 14.1. The number of nitro benzene ring substituents is 1. The van der Waals surface area contributed by atoms with Crippen LogP contribution >= 0.6 is 11.3 Å². The molecule has 4 aromatic rings. The molecular weight excluding hydrogens is 406 g/mol. The standard InChI is InChI=1S/C21H15N3O5S/c1-28-16-10-6-13(7-11-16)18-19(14-4-8-15(9-5-14)24(26)27)30-21(22-18)23-20(25)17-3-2-12-29-17/h2-12H,1H3,(H,22,23,25). The molecule has 9 heteroatoms. The van der Waals surface area contributed by atoms with Crippen molar-refractivity contribution in [2.24, 2.45) is 0 Å². The SMILES string of the molecule is COc1ccc(-c2nc(NC(=O)c3ccco3)sc2-c2ccc([N+](=O)[O-])cc2)cc1. The number of methoxy groups -OCH3 is 1. The topological polar surface area (TPSA) is 108 Å². The van der Waals surface area contributed by atoms with E-state index in [4.69, 9.17) is 9.15 Å². The molecule has 0 aliphatic carbocycles. The first kappa shape index (κ1) is 19.3. The maximum absolute atomic E-state index is 12.3. The van der Waals surface area contributed by atoms with Crippen molar-refractivity contribution < 1.29 is 18.9 Å². The Morgan fingerprint density at radius 3 is 2.40 bits per heavy atom. The van der Waals surface area contributed by atoms with E-state index in [9.17, 15) is 14.9 Å². The number of nitrogens with one attached hydrogen (secondary N) is 1. The van der Waals surface area contributed by atoms with Crippen molar-refractivity contribution in [1.29, 1.82) is 0 Å². The van der Waals surface area contributed by atoms with Gasteiger partial charge in [-0.25, -0.2) is 4.98 Å². The number of hydrogen-bond acceptors (Lipinski definition) is 7. The molecule has 0 aliphatic heterocycles. The predicted octanol–water partition coefficient (Wildman–Crippen LogP) is 5.24. The first-order chi connectivity index (χ1) is 14.5. The lowest BCUT2D eigenvalue weighted by atomic mass is 10.1. The van der Waals surface area contributed by atoms with Crippen LogP contribution in [0.3, 0.4) is 0 Å². The first-order valence-corrected chi connectivity index (χ1v) is 9.62. The molecule has 2 aromatic carbocycles. The smallest absolute Gasteiger partial charge is 0.293 e. The van der Waals surface area contributed by atoms with Gasteiger partial charge in [0.15, 0.2) is 10.9 Å². The number of aromatic nitrogens is 1. The van der Waals surface area contributed by atoms with Crippen molar-refractivity contribution in [1.82, 2.24) is 4.98 Å². The molecular formula is C21H15N3O5S. The Bertz CT molecular complexity index is 1180. The minimum absolute atomic E-state index is 0.000563. The number of furan rings is 1. The second-order valence-electron chi connectivity index (χ2n) is 6.16. The Labute approximate surface area is 174 Å². The second kappa shape index (κ2) is 8.18. The molecule has 2 aromatic heterocycles. The molecule has 8 nitrogen and oxygen atoms in total. The number of nitrogens with zero attached hydrogens (tertiary/aromatic N) is 2. The highest BCUT2D eigenvalue weighted by molar-refractivity contribution is 7.19. The van der Waals surface area contributed by atoms with E-state index in [0.717, 1.165) is 16.0 Å². The minimum atomic E-state index is -0.449. The number of carbonyl (C=O) groups is 1. The summed E-state index contributed by atoms with van der Waals surface area (Å²) < 4.78 is 10.3. The van der Waals surface area contributed by atoms with Crippen molar-refractivity contribution in [3.05, 3.63) is 82.8 Å². The second-order valence-corrected chi connectivity index (χ2v) is 7.16. The quantitative estimate of drug-likeness (QED) is 0.337. The van der Waals surface area contributed by atoms with Gasteiger partial charge in [0.1, 0.15) is 5.75 Å². The largest absolute Gasteiger partial charge is 0.497 e. The van der Waals surface area contributed by atoms with Gasteiger partial charge in [0.25, 0.3) is 11.6 Å². The molecule has 0 unspecified atom stereocenters. The van der Waals surface area contributed by atoms with Crippen molar-refractivity contribution in [3.63, 3.8) is 0 Å². The monoisotopic (exact) mass is 421 g/mol. The van der Waals surface area contributed by atoms with Gasteiger partial charge in [-0.1, -0.05) is 11.3 Å². The molecule has 150 valence electrons. The number of benzene rings is 2. The molecule has 1 N–H and O–H groups in total. The van der Waals surface area contributed by atoms with E-state index < -0.39 is 10.8 Å². The molecule has 0 atom stereocenters. The van der Waals surface area contributed by atoms with Crippen LogP contribution < -0.4 is 10.1 Å². The zero-order valence-corrected chi connectivity index (χ0v) is 16.5. The van der Waals surface area contributed by atoms with Gasteiger partial charge in [-0.05, 0) is 54.1 Å². The molecule has 0 saturated carbocycles. The van der Waals surface area contributed by atoms with Gasteiger partial charge in [-0.3, -0.25) is 20.2 Å². The summed E-state index contributed by atoms with van der Waals surface area (Å²) in [6.07, 6.45) is 1.42. The molecule has 0 radical (unpaired) electrons. The van der Waals surface area contributed by atoms with Gasteiger partial charge >= 0.3 is 0 Å². The highest BCUT2D eigenvalue weighted by Gasteiger charge is 2.19. The van der Waals surface area contributed by atoms with E-state index in [1.165, 1.54) is 29.7 Å². The van der Waals surface area contributed by atoms with Crippen LogP contribution in [-0.2, 0) is 0 Å². The maximum Gasteiger partial charge on any atom is 0.293 e. The summed E-state index contributed by atoms with van der Waals surface area (Å²) in [5.41, 5.74) is 2.22. The summed E-state index contributed by atoms with van der Waals surface area (Å²) >= 11 is 1.27. The summed E-state index contributed by atoms with van der Waals surface area (Å²) in [6, 6.07) is 16.7. The van der Waals surface area contributed by atoms with Gasteiger partial charge < -0.3 is 9.15 Å². The van der Waals surface area contributed by atoms with E-state index in [0.29, 0.717) is 16.6 Å². The van der Waals surface area contributed by atoms with Crippen LogP contribution in [-0.4, -0.2) is 22.9 Å².